The average molecular weight is 238 g/mol. The van der Waals surface area contributed by atoms with E-state index in [0.717, 1.165) is 10.2 Å². The Labute approximate surface area is 85.0 Å². The van der Waals surface area contributed by atoms with Crippen LogP contribution in [0.2, 0.25) is 0 Å². The highest BCUT2D eigenvalue weighted by atomic mass is 79.9. The van der Waals surface area contributed by atoms with Crippen molar-refractivity contribution in [3.05, 3.63) is 28.2 Å². The molecule has 0 heterocycles. The predicted molar refractivity (Wildman–Crippen MR) is 56.1 cm³/mol. The minimum atomic E-state index is -0.0307. The highest BCUT2D eigenvalue weighted by molar-refractivity contribution is 9.10. The van der Waals surface area contributed by atoms with Crippen LogP contribution in [0, 0.1) is 16.7 Å². The summed E-state index contributed by atoms with van der Waals surface area (Å²) in [5.41, 5.74) is 1.37. The number of hydrogen-bond donors (Lipinski definition) is 2. The Balaban J connectivity index is 3.23. The lowest BCUT2D eigenvalue weighted by Crippen LogP contribution is -2.01. The summed E-state index contributed by atoms with van der Waals surface area (Å²) in [5.74, 6) is 0. The van der Waals surface area contributed by atoms with Crippen LogP contribution in [-0.4, -0.2) is 12.8 Å². The Hall–Kier alpha value is -1.34. The molecule has 0 radical (unpaired) electrons. The van der Waals surface area contributed by atoms with Crippen molar-refractivity contribution >= 4 is 27.3 Å². The fraction of sp³-hybridized carbons (Fsp3) is 0.111. The molecule has 0 atom stereocenters. The van der Waals surface area contributed by atoms with Crippen LogP contribution >= 0.6 is 15.9 Å². The van der Waals surface area contributed by atoms with E-state index in [4.69, 9.17) is 10.7 Å². The largest absolute Gasteiger partial charge is 0.388 e. The predicted octanol–water partition coefficient (Wildman–Crippen LogP) is 2.38. The molecule has 0 fully saturated rings. The lowest BCUT2D eigenvalue weighted by molar-refractivity contribution is 1.43. The first kappa shape index (κ1) is 9.75. The Bertz CT molecular complexity index is 379. The summed E-state index contributed by atoms with van der Waals surface area (Å²) in [7, 11) is 1.76. The Kier molecular flexibility index (Phi) is 3.04. The normalized spacial score (nSPS) is 9.00. The zero-order chi connectivity index (χ0) is 9.84. The molecule has 0 aliphatic carbocycles. The second-order valence-corrected chi connectivity index (χ2v) is 3.34. The summed E-state index contributed by atoms with van der Waals surface area (Å²) in [4.78, 5) is 0. The van der Waals surface area contributed by atoms with Gasteiger partial charge in [0.15, 0.2) is 0 Å². The van der Waals surface area contributed by atoms with Gasteiger partial charge in [0.1, 0.15) is 11.8 Å². The van der Waals surface area contributed by atoms with Crippen LogP contribution in [0.1, 0.15) is 5.56 Å². The van der Waals surface area contributed by atoms with E-state index in [1.54, 1.807) is 19.2 Å². The molecule has 1 aromatic rings. The van der Waals surface area contributed by atoms with Crippen molar-refractivity contribution in [2.75, 3.05) is 12.4 Å². The summed E-state index contributed by atoms with van der Waals surface area (Å²) < 4.78 is 0.923. The third-order valence-corrected chi connectivity index (χ3v) is 2.13. The van der Waals surface area contributed by atoms with Gasteiger partial charge in [-0.1, -0.05) is 15.9 Å². The summed E-state index contributed by atoms with van der Waals surface area (Å²) in [6.45, 7) is 0. The lowest BCUT2D eigenvalue weighted by Gasteiger charge is -2.06. The maximum atomic E-state index is 8.56. The number of halogens is 1. The van der Waals surface area contributed by atoms with Gasteiger partial charge in [-0.05, 0) is 18.2 Å². The second-order valence-electron chi connectivity index (χ2n) is 2.43. The number of nitrogens with one attached hydrogen (secondary N) is 2. The molecule has 4 heteroatoms. The monoisotopic (exact) mass is 237 g/mol. The molecule has 66 valence electrons. The average Bonchev–Trinajstić information content (AvgIpc) is 2.16. The fourth-order valence-corrected chi connectivity index (χ4v) is 1.36. The van der Waals surface area contributed by atoms with Crippen molar-refractivity contribution in [1.29, 1.82) is 10.7 Å². The van der Waals surface area contributed by atoms with Crippen LogP contribution in [0.25, 0.3) is 0 Å². The zero-order valence-electron chi connectivity index (χ0n) is 7.06. The maximum Gasteiger partial charge on any atom is 0.141 e. The molecule has 0 aliphatic heterocycles. The third kappa shape index (κ3) is 2.07. The highest BCUT2D eigenvalue weighted by Crippen LogP contribution is 2.21. The number of rotatable bonds is 2. The molecule has 3 nitrogen and oxygen atoms in total. The van der Waals surface area contributed by atoms with E-state index in [1.807, 2.05) is 12.1 Å². The first-order valence-corrected chi connectivity index (χ1v) is 4.44. The maximum absolute atomic E-state index is 8.56. The van der Waals surface area contributed by atoms with Gasteiger partial charge in [0.05, 0.1) is 0 Å². The summed E-state index contributed by atoms with van der Waals surface area (Å²) in [6.07, 6.45) is 0. The van der Waals surface area contributed by atoms with Gasteiger partial charge in [-0.15, -0.1) is 0 Å². The van der Waals surface area contributed by atoms with E-state index in [9.17, 15) is 0 Å². The molecule has 0 saturated carbocycles. The molecule has 0 saturated heterocycles. The zero-order valence-corrected chi connectivity index (χ0v) is 8.64. The second kappa shape index (κ2) is 4.06. The third-order valence-electron chi connectivity index (χ3n) is 1.63. The van der Waals surface area contributed by atoms with E-state index in [-0.39, 0.29) is 5.71 Å². The smallest absolute Gasteiger partial charge is 0.141 e. The molecule has 13 heavy (non-hydrogen) atoms. The number of hydrogen-bond acceptors (Lipinski definition) is 3. The minimum Gasteiger partial charge on any atom is -0.388 e. The summed E-state index contributed by atoms with van der Waals surface area (Å²) in [6, 6.07) is 7.18. The van der Waals surface area contributed by atoms with Gasteiger partial charge in [0.25, 0.3) is 0 Å². The van der Waals surface area contributed by atoms with Crippen LogP contribution in [0.4, 0.5) is 5.69 Å². The summed E-state index contributed by atoms with van der Waals surface area (Å²) >= 11 is 3.31. The standard InChI is InChI=1S/C9H8BrN3/c1-13-9-4-6(10)2-3-7(9)8(12)5-11/h2-4,12-13H,1H3. The molecule has 1 rings (SSSR count). The van der Waals surface area contributed by atoms with Crippen molar-refractivity contribution in [2.24, 2.45) is 0 Å². The van der Waals surface area contributed by atoms with Crippen LogP contribution in [0.5, 0.6) is 0 Å². The molecule has 0 amide bonds. The molecule has 0 aliphatic rings. The molecule has 0 unspecified atom stereocenters. The van der Waals surface area contributed by atoms with Crippen molar-refractivity contribution in [3.8, 4) is 6.07 Å². The number of anilines is 1. The summed E-state index contributed by atoms with van der Waals surface area (Å²) in [5, 5.41) is 18.9. The Morgan fingerprint density at radius 2 is 2.31 bits per heavy atom. The van der Waals surface area contributed by atoms with Gasteiger partial charge < -0.3 is 5.32 Å². The fourth-order valence-electron chi connectivity index (χ4n) is 1.00. The van der Waals surface area contributed by atoms with Crippen LogP contribution in [-0.2, 0) is 0 Å². The van der Waals surface area contributed by atoms with Gasteiger partial charge in [0, 0.05) is 22.8 Å². The topological polar surface area (TPSA) is 59.7 Å². The van der Waals surface area contributed by atoms with Crippen molar-refractivity contribution in [1.82, 2.24) is 0 Å². The Morgan fingerprint density at radius 1 is 1.62 bits per heavy atom. The van der Waals surface area contributed by atoms with E-state index >= 15 is 0 Å². The van der Waals surface area contributed by atoms with E-state index in [0.29, 0.717) is 5.56 Å². The SMILES string of the molecule is CNc1cc(Br)ccc1C(=N)C#N. The molecule has 1 aromatic carbocycles. The van der Waals surface area contributed by atoms with Crippen LogP contribution < -0.4 is 5.32 Å². The molecular weight excluding hydrogens is 230 g/mol. The first-order valence-electron chi connectivity index (χ1n) is 3.65. The van der Waals surface area contributed by atoms with Gasteiger partial charge in [-0.25, -0.2) is 0 Å². The van der Waals surface area contributed by atoms with Gasteiger partial charge in [0.2, 0.25) is 0 Å². The number of benzene rings is 1. The Morgan fingerprint density at radius 3 is 2.85 bits per heavy atom. The van der Waals surface area contributed by atoms with E-state index in [2.05, 4.69) is 21.2 Å². The molecule has 2 N–H and O–H groups in total. The molecule has 0 spiro atoms. The van der Waals surface area contributed by atoms with E-state index < -0.39 is 0 Å². The number of nitrogens with zero attached hydrogens (tertiary/aromatic N) is 1. The van der Waals surface area contributed by atoms with Gasteiger partial charge >= 0.3 is 0 Å². The van der Waals surface area contributed by atoms with E-state index in [1.165, 1.54) is 0 Å². The molecule has 0 aromatic heterocycles. The van der Waals surface area contributed by atoms with Crippen molar-refractivity contribution in [3.63, 3.8) is 0 Å². The first-order chi connectivity index (χ1) is 6.19. The van der Waals surface area contributed by atoms with Gasteiger partial charge in [-0.2, -0.15) is 5.26 Å². The highest BCUT2D eigenvalue weighted by Gasteiger charge is 2.05. The molecular formula is C9H8BrN3. The number of nitriles is 1. The minimum absolute atomic E-state index is 0.0307. The van der Waals surface area contributed by atoms with Crippen LogP contribution in [0.3, 0.4) is 0 Å². The molecule has 0 bridgehead atoms. The van der Waals surface area contributed by atoms with Crippen molar-refractivity contribution in [2.45, 2.75) is 0 Å². The lowest BCUT2D eigenvalue weighted by atomic mass is 10.1. The van der Waals surface area contributed by atoms with Crippen LogP contribution in [0.15, 0.2) is 22.7 Å². The quantitative estimate of drug-likeness (QED) is 0.777. The van der Waals surface area contributed by atoms with Crippen molar-refractivity contribution < 1.29 is 0 Å². The van der Waals surface area contributed by atoms with Gasteiger partial charge in [-0.3, -0.25) is 5.41 Å².